The van der Waals surface area contributed by atoms with Crippen molar-refractivity contribution in [2.45, 2.75) is 25.9 Å². The lowest BCUT2D eigenvalue weighted by Crippen LogP contribution is -2.11. The second-order valence-electron chi connectivity index (χ2n) is 6.97. The van der Waals surface area contributed by atoms with Crippen molar-refractivity contribution in [2.75, 3.05) is 17.2 Å². The zero-order valence-corrected chi connectivity index (χ0v) is 17.2. The Labute approximate surface area is 181 Å². The number of anilines is 2. The fraction of sp³-hybridized carbons (Fsp3) is 0.208. The fourth-order valence-corrected chi connectivity index (χ4v) is 3.00. The third-order valence-corrected chi connectivity index (χ3v) is 4.58. The molecule has 0 radical (unpaired) electrons. The number of rotatable bonds is 11. The molecule has 31 heavy (non-hydrogen) atoms. The van der Waals surface area contributed by atoms with Gasteiger partial charge in [-0.3, -0.25) is 0 Å². The molecule has 4 rings (SSSR count). The summed E-state index contributed by atoms with van der Waals surface area (Å²) in [5, 5.41) is 6.51. The molecule has 2 heterocycles. The molecule has 0 saturated carbocycles. The number of hydrogen-bond donors (Lipinski definition) is 2. The van der Waals surface area contributed by atoms with Gasteiger partial charge in [0.1, 0.15) is 5.76 Å². The van der Waals surface area contributed by atoms with E-state index in [1.54, 1.807) is 6.26 Å². The molecule has 0 bridgehead atoms. The lowest BCUT2D eigenvalue weighted by atomic mass is 10.2. The van der Waals surface area contributed by atoms with Crippen molar-refractivity contribution in [2.24, 2.45) is 0 Å². The van der Waals surface area contributed by atoms with Crippen molar-refractivity contribution >= 4 is 11.9 Å². The predicted octanol–water partition coefficient (Wildman–Crippen LogP) is 4.70. The number of nitrogens with one attached hydrogen (secondary N) is 2. The first kappa shape index (κ1) is 20.4. The molecule has 0 fully saturated rings. The molecular formula is C24H25N5O2. The molecule has 0 aliphatic carbocycles. The Morgan fingerprint density at radius 2 is 1.32 bits per heavy atom. The molecule has 0 aliphatic heterocycles. The van der Waals surface area contributed by atoms with Gasteiger partial charge in [0.2, 0.25) is 11.9 Å². The Morgan fingerprint density at radius 3 is 1.87 bits per heavy atom. The zero-order valence-electron chi connectivity index (χ0n) is 17.2. The summed E-state index contributed by atoms with van der Waals surface area (Å²) in [7, 11) is 0. The van der Waals surface area contributed by atoms with Gasteiger partial charge in [0.05, 0.1) is 12.9 Å². The van der Waals surface area contributed by atoms with Gasteiger partial charge in [-0.25, -0.2) is 0 Å². The standard InChI is InChI=1S/C24H25N5O2/c1-3-9-19(10-4-1)17-25-22-27-23(26-18-20-11-5-2-6-12-20)29-24(28-22)31-16-8-14-21-13-7-15-30-21/h1-7,9-13,15H,8,14,16-18H2,(H2,25,26,27,28,29). The summed E-state index contributed by atoms with van der Waals surface area (Å²) in [5.41, 5.74) is 2.28. The summed E-state index contributed by atoms with van der Waals surface area (Å²) in [4.78, 5) is 13.3. The van der Waals surface area contributed by atoms with E-state index in [4.69, 9.17) is 9.15 Å². The fourth-order valence-electron chi connectivity index (χ4n) is 3.00. The monoisotopic (exact) mass is 415 g/mol. The molecule has 2 aromatic heterocycles. The number of nitrogens with zero attached hydrogens (tertiary/aromatic N) is 3. The smallest absolute Gasteiger partial charge is 0.323 e. The van der Waals surface area contributed by atoms with Gasteiger partial charge in [0.25, 0.3) is 0 Å². The maximum Gasteiger partial charge on any atom is 0.323 e. The summed E-state index contributed by atoms with van der Waals surface area (Å²) < 4.78 is 11.2. The molecule has 7 nitrogen and oxygen atoms in total. The highest BCUT2D eigenvalue weighted by Crippen LogP contribution is 2.14. The van der Waals surface area contributed by atoms with Gasteiger partial charge in [-0.2, -0.15) is 15.0 Å². The van der Waals surface area contributed by atoms with Crippen LogP contribution in [0.15, 0.2) is 83.5 Å². The van der Waals surface area contributed by atoms with Crippen LogP contribution in [-0.4, -0.2) is 21.6 Å². The minimum atomic E-state index is 0.292. The number of benzene rings is 2. The third-order valence-electron chi connectivity index (χ3n) is 4.58. The predicted molar refractivity (Wildman–Crippen MR) is 120 cm³/mol. The van der Waals surface area contributed by atoms with Gasteiger partial charge >= 0.3 is 6.01 Å². The largest absolute Gasteiger partial charge is 0.469 e. The van der Waals surface area contributed by atoms with Gasteiger partial charge < -0.3 is 19.8 Å². The summed E-state index contributed by atoms with van der Waals surface area (Å²) in [6, 6.07) is 24.3. The van der Waals surface area contributed by atoms with Crippen molar-refractivity contribution in [1.29, 1.82) is 0 Å². The van der Waals surface area contributed by atoms with Crippen LogP contribution in [0, 0.1) is 0 Å². The van der Waals surface area contributed by atoms with Crippen LogP contribution in [0.2, 0.25) is 0 Å². The van der Waals surface area contributed by atoms with Crippen LogP contribution in [-0.2, 0) is 19.5 Å². The Hall–Kier alpha value is -3.87. The minimum absolute atomic E-state index is 0.292. The second kappa shape index (κ2) is 10.8. The van der Waals surface area contributed by atoms with Crippen LogP contribution in [0.5, 0.6) is 6.01 Å². The van der Waals surface area contributed by atoms with E-state index in [2.05, 4.69) is 49.9 Å². The zero-order chi connectivity index (χ0) is 21.1. The van der Waals surface area contributed by atoms with E-state index in [0.29, 0.717) is 37.6 Å². The molecule has 158 valence electrons. The molecule has 0 amide bonds. The first-order chi connectivity index (χ1) is 15.3. The number of aromatic nitrogens is 3. The minimum Gasteiger partial charge on any atom is -0.469 e. The molecule has 0 aliphatic rings. The Morgan fingerprint density at radius 1 is 0.710 bits per heavy atom. The number of furan rings is 1. The Bertz CT molecular complexity index is 979. The summed E-state index contributed by atoms with van der Waals surface area (Å²) in [6.45, 7) is 1.71. The molecule has 4 aromatic rings. The van der Waals surface area contributed by atoms with Gasteiger partial charge in [-0.15, -0.1) is 0 Å². The highest BCUT2D eigenvalue weighted by molar-refractivity contribution is 5.37. The SMILES string of the molecule is c1ccc(CNc2nc(NCc3ccccc3)nc(OCCCc3ccco3)n2)cc1. The molecule has 2 aromatic carbocycles. The summed E-state index contributed by atoms with van der Waals surface area (Å²) in [6.07, 6.45) is 3.28. The lowest BCUT2D eigenvalue weighted by Gasteiger charge is -2.11. The molecule has 7 heteroatoms. The maximum absolute atomic E-state index is 5.81. The first-order valence-electron chi connectivity index (χ1n) is 10.3. The average molecular weight is 415 g/mol. The molecule has 0 unspecified atom stereocenters. The summed E-state index contributed by atoms with van der Waals surface area (Å²) >= 11 is 0. The number of ether oxygens (including phenoxy) is 1. The number of aryl methyl sites for hydroxylation is 1. The van der Waals surface area contributed by atoms with E-state index in [9.17, 15) is 0 Å². The van der Waals surface area contributed by atoms with Gasteiger partial charge in [-0.1, -0.05) is 60.7 Å². The Balaban J connectivity index is 1.40. The third kappa shape index (κ3) is 6.57. The second-order valence-corrected chi connectivity index (χ2v) is 6.97. The highest BCUT2D eigenvalue weighted by Gasteiger charge is 2.08. The van der Waals surface area contributed by atoms with Gasteiger partial charge in [0.15, 0.2) is 0 Å². The molecule has 2 N–H and O–H groups in total. The van der Waals surface area contributed by atoms with Crippen molar-refractivity contribution < 1.29 is 9.15 Å². The quantitative estimate of drug-likeness (QED) is 0.343. The molecule has 0 atom stereocenters. The normalized spacial score (nSPS) is 10.6. The van der Waals surface area contributed by atoms with Crippen LogP contribution >= 0.6 is 0 Å². The molecule has 0 spiro atoms. The van der Waals surface area contributed by atoms with E-state index in [1.165, 1.54) is 0 Å². The van der Waals surface area contributed by atoms with Crippen molar-refractivity contribution in [1.82, 2.24) is 15.0 Å². The molecular weight excluding hydrogens is 390 g/mol. The topological polar surface area (TPSA) is 85.1 Å². The van der Waals surface area contributed by atoms with Crippen LogP contribution < -0.4 is 15.4 Å². The highest BCUT2D eigenvalue weighted by atomic mass is 16.5. The summed E-state index contributed by atoms with van der Waals surface area (Å²) in [5.74, 6) is 1.88. The van der Waals surface area contributed by atoms with E-state index in [0.717, 1.165) is 29.7 Å². The number of hydrogen-bond acceptors (Lipinski definition) is 7. The van der Waals surface area contributed by atoms with E-state index in [-0.39, 0.29) is 0 Å². The van der Waals surface area contributed by atoms with E-state index >= 15 is 0 Å². The van der Waals surface area contributed by atoms with Crippen LogP contribution in [0.3, 0.4) is 0 Å². The van der Waals surface area contributed by atoms with E-state index in [1.807, 2.05) is 48.5 Å². The van der Waals surface area contributed by atoms with Gasteiger partial charge in [0, 0.05) is 19.5 Å². The average Bonchev–Trinajstić information content (AvgIpc) is 3.34. The Kier molecular flexibility index (Phi) is 7.09. The van der Waals surface area contributed by atoms with Crippen LogP contribution in [0.1, 0.15) is 23.3 Å². The van der Waals surface area contributed by atoms with Crippen LogP contribution in [0.4, 0.5) is 11.9 Å². The van der Waals surface area contributed by atoms with Crippen molar-refractivity contribution in [3.8, 4) is 6.01 Å². The van der Waals surface area contributed by atoms with Crippen molar-refractivity contribution in [3.63, 3.8) is 0 Å². The van der Waals surface area contributed by atoms with Gasteiger partial charge in [-0.05, 0) is 29.7 Å². The first-order valence-corrected chi connectivity index (χ1v) is 10.3. The van der Waals surface area contributed by atoms with E-state index < -0.39 is 0 Å². The van der Waals surface area contributed by atoms with Crippen molar-refractivity contribution in [3.05, 3.63) is 95.9 Å². The molecule has 0 saturated heterocycles. The maximum atomic E-state index is 5.81. The van der Waals surface area contributed by atoms with Crippen LogP contribution in [0.25, 0.3) is 0 Å². The lowest BCUT2D eigenvalue weighted by molar-refractivity contribution is 0.283.